The van der Waals surface area contributed by atoms with Crippen LogP contribution in [0.4, 0.5) is 0 Å². The van der Waals surface area contributed by atoms with E-state index in [1.54, 1.807) is 0 Å². The molecule has 0 aromatic heterocycles. The van der Waals surface area contributed by atoms with Crippen LogP contribution in [-0.2, 0) is 4.52 Å². The van der Waals surface area contributed by atoms with Gasteiger partial charge in [0.25, 0.3) is 5.89 Å². The highest BCUT2D eigenvalue weighted by Gasteiger charge is 2.64. The lowest BCUT2D eigenvalue weighted by Crippen LogP contribution is -2.36. The van der Waals surface area contributed by atoms with Gasteiger partial charge in [-0.3, -0.25) is 0 Å². The van der Waals surface area contributed by atoms with Crippen LogP contribution >= 0.6 is 30.4 Å². The van der Waals surface area contributed by atoms with Crippen LogP contribution in [0.5, 0.6) is 0 Å². The van der Waals surface area contributed by atoms with Crippen molar-refractivity contribution in [2.45, 2.75) is 52.6 Å². The summed E-state index contributed by atoms with van der Waals surface area (Å²) < 4.78 is 6.49. The minimum absolute atomic E-state index is 0.293. The molecule has 3 aliphatic carbocycles. The van der Waals surface area contributed by atoms with Crippen molar-refractivity contribution in [3.63, 3.8) is 0 Å². The Bertz CT molecular complexity index is 455. The Hall–Kier alpha value is 0.570. The van der Waals surface area contributed by atoms with Crippen molar-refractivity contribution in [1.82, 2.24) is 0 Å². The summed E-state index contributed by atoms with van der Waals surface area (Å²) in [6, 6.07) is 0. The molecular formula is C15H24OPS2+. The molecule has 0 heterocycles. The van der Waals surface area contributed by atoms with E-state index in [-0.39, 0.29) is 0 Å². The number of hydrogen-bond acceptors (Lipinski definition) is 3. The summed E-state index contributed by atoms with van der Waals surface area (Å²) in [6.07, 6.45) is 11.5. The van der Waals surface area contributed by atoms with Crippen LogP contribution in [0.1, 0.15) is 46.5 Å². The highest BCUT2D eigenvalue weighted by atomic mass is 33.1. The zero-order chi connectivity index (χ0) is 13.9. The van der Waals surface area contributed by atoms with E-state index in [0.29, 0.717) is 16.9 Å². The van der Waals surface area contributed by atoms with E-state index in [4.69, 9.17) is 29.0 Å². The van der Waals surface area contributed by atoms with Gasteiger partial charge in [-0.1, -0.05) is 32.9 Å². The molecule has 0 N–H and O–H groups in total. The molecule has 3 rings (SSSR count). The van der Waals surface area contributed by atoms with E-state index in [2.05, 4.69) is 39.0 Å². The smallest absolute Gasteiger partial charge is 0.205 e. The Kier molecular flexibility index (Phi) is 3.46. The molecule has 2 fully saturated rings. The molecule has 3 aliphatic rings. The van der Waals surface area contributed by atoms with E-state index in [1.807, 2.05) is 0 Å². The van der Waals surface area contributed by atoms with Crippen LogP contribution in [0, 0.1) is 16.7 Å². The van der Waals surface area contributed by atoms with Gasteiger partial charge in [0.05, 0.1) is 24.5 Å². The van der Waals surface area contributed by atoms with E-state index >= 15 is 0 Å². The molecule has 0 aromatic rings. The second-order valence-electron chi connectivity index (χ2n) is 7.04. The molecule has 0 saturated heterocycles. The first-order valence-electron chi connectivity index (χ1n) is 7.16. The Balaban J connectivity index is 1.79. The van der Waals surface area contributed by atoms with Gasteiger partial charge >= 0.3 is 0 Å². The molecule has 0 spiro atoms. The maximum Gasteiger partial charge on any atom is 0.285 e. The number of allylic oxidation sites excluding steroid dienone is 4. The van der Waals surface area contributed by atoms with Gasteiger partial charge in [-0.2, -0.15) is 0 Å². The second kappa shape index (κ2) is 4.53. The highest BCUT2D eigenvalue weighted by Crippen LogP contribution is 2.80. The fourth-order valence-corrected chi connectivity index (χ4v) is 7.19. The van der Waals surface area contributed by atoms with Crippen molar-refractivity contribution in [1.29, 1.82) is 0 Å². The third kappa shape index (κ3) is 2.08. The summed E-state index contributed by atoms with van der Waals surface area (Å²) >= 11 is 9.58. The lowest BCUT2D eigenvalue weighted by atomic mass is 9.70. The van der Waals surface area contributed by atoms with E-state index < -0.39 is 5.89 Å². The summed E-state index contributed by atoms with van der Waals surface area (Å²) in [6.45, 7) is 7.25. The molecule has 2 saturated carbocycles. The van der Waals surface area contributed by atoms with Crippen LogP contribution in [0.15, 0.2) is 23.5 Å². The van der Waals surface area contributed by atoms with Crippen LogP contribution < -0.4 is 0 Å². The highest BCUT2D eigenvalue weighted by molar-refractivity contribution is 8.85. The van der Waals surface area contributed by atoms with Crippen molar-refractivity contribution in [2.24, 2.45) is 16.7 Å². The van der Waals surface area contributed by atoms with Gasteiger partial charge in [0.1, 0.15) is 11.4 Å². The number of fused-ring (bicyclic) bond motifs is 2. The second-order valence-corrected chi connectivity index (χ2v) is 13.2. The van der Waals surface area contributed by atoms with Gasteiger partial charge in [-0.05, 0) is 36.7 Å². The van der Waals surface area contributed by atoms with Crippen molar-refractivity contribution in [3.05, 3.63) is 23.5 Å². The first-order chi connectivity index (χ1) is 8.77. The maximum absolute atomic E-state index is 6.49. The first kappa shape index (κ1) is 14.5. The first-order valence-corrected chi connectivity index (χ1v) is 11.2. The Morgan fingerprint density at radius 3 is 2.53 bits per heavy atom. The number of hydrogen-bond donors (Lipinski definition) is 2. The van der Waals surface area contributed by atoms with E-state index in [9.17, 15) is 0 Å². The minimum atomic E-state index is -1.98. The van der Waals surface area contributed by atoms with E-state index in [0.717, 1.165) is 12.3 Å². The summed E-state index contributed by atoms with van der Waals surface area (Å²) in [5.74, 6) is -1.18. The van der Waals surface area contributed by atoms with Gasteiger partial charge in [-0.15, -0.1) is 0 Å². The lowest BCUT2D eigenvalue weighted by Gasteiger charge is -2.38. The molecular weight excluding hydrogens is 291 g/mol. The summed E-state index contributed by atoms with van der Waals surface area (Å²) in [4.78, 5) is 0. The molecule has 0 radical (unpaired) electrons. The zero-order valence-corrected chi connectivity index (χ0v) is 14.6. The van der Waals surface area contributed by atoms with Crippen molar-refractivity contribution >= 4 is 30.4 Å². The average Bonchev–Trinajstić information content (AvgIpc) is 2.95. The van der Waals surface area contributed by atoms with Gasteiger partial charge in [-0.25, -0.2) is 4.52 Å². The molecule has 0 aliphatic heterocycles. The zero-order valence-electron chi connectivity index (χ0n) is 12.0. The fraction of sp³-hybridized carbons (Fsp3) is 0.733. The number of rotatable bonds is 3. The SMILES string of the molecule is CC1(C)C2CCC1(C)[C@H](O[P+](S)(S)C1=CC=CC1)C2. The molecule has 1 nitrogen and oxygen atoms in total. The maximum atomic E-state index is 6.49. The molecule has 2 bridgehead atoms. The lowest BCUT2D eigenvalue weighted by molar-refractivity contribution is 0.0395. The van der Waals surface area contributed by atoms with Gasteiger partial charge < -0.3 is 0 Å². The molecule has 3 atom stereocenters. The Morgan fingerprint density at radius 2 is 2.05 bits per heavy atom. The summed E-state index contributed by atoms with van der Waals surface area (Å²) in [7, 11) is 0. The fourth-order valence-electron chi connectivity index (χ4n) is 4.19. The van der Waals surface area contributed by atoms with Gasteiger partial charge in [0.2, 0.25) is 0 Å². The predicted octanol–water partition coefficient (Wildman–Crippen LogP) is 5.68. The predicted molar refractivity (Wildman–Crippen MR) is 90.8 cm³/mol. The van der Waals surface area contributed by atoms with Crippen LogP contribution in [0.25, 0.3) is 0 Å². The third-order valence-corrected chi connectivity index (χ3v) is 9.85. The van der Waals surface area contributed by atoms with Crippen molar-refractivity contribution in [2.75, 3.05) is 0 Å². The Labute approximate surface area is 128 Å². The minimum Gasteiger partial charge on any atom is -0.205 e. The average molecular weight is 315 g/mol. The third-order valence-electron chi connectivity index (χ3n) is 6.11. The normalized spacial score (nSPS) is 39.9. The summed E-state index contributed by atoms with van der Waals surface area (Å²) in [5.41, 5.74) is 0.683. The van der Waals surface area contributed by atoms with Crippen molar-refractivity contribution < 1.29 is 4.52 Å². The molecule has 0 aromatic carbocycles. The molecule has 2 unspecified atom stereocenters. The van der Waals surface area contributed by atoms with Crippen LogP contribution in [-0.4, -0.2) is 6.10 Å². The quantitative estimate of drug-likeness (QED) is 0.503. The molecule has 19 heavy (non-hydrogen) atoms. The van der Waals surface area contributed by atoms with E-state index in [1.165, 1.54) is 24.6 Å². The summed E-state index contributed by atoms with van der Waals surface area (Å²) in [5, 5.41) is 1.27. The van der Waals surface area contributed by atoms with Crippen molar-refractivity contribution in [3.8, 4) is 0 Å². The van der Waals surface area contributed by atoms with Gasteiger partial charge in [0, 0.05) is 11.8 Å². The monoisotopic (exact) mass is 315 g/mol. The Morgan fingerprint density at radius 1 is 1.32 bits per heavy atom. The topological polar surface area (TPSA) is 9.23 Å². The molecule has 0 amide bonds. The molecule has 4 heteroatoms. The largest absolute Gasteiger partial charge is 0.285 e. The van der Waals surface area contributed by atoms with Crippen LogP contribution in [0.2, 0.25) is 0 Å². The number of thiol groups is 2. The molecule has 106 valence electrons. The van der Waals surface area contributed by atoms with Gasteiger partial charge in [0.15, 0.2) is 0 Å². The standard InChI is InChI=1S/C15H24OPS2/c1-14(2)11-8-9-15(14,3)13(10-11)16-17(18,19)12-6-4-5-7-12/h4-6,11,13,18-19H,7-10H2,1-3H3/q+1/t11?,13-,15?/m1/s1. The van der Waals surface area contributed by atoms with Crippen LogP contribution in [0.3, 0.4) is 0 Å².